The molecule has 0 amide bonds. The molecule has 0 aliphatic rings. The molecule has 0 aliphatic heterocycles. The molecule has 0 saturated carbocycles. The number of pyridine rings is 1. The van der Waals surface area contributed by atoms with Gasteiger partial charge in [-0.1, -0.05) is 6.07 Å². The van der Waals surface area contributed by atoms with Crippen molar-refractivity contribution < 1.29 is 0 Å². The van der Waals surface area contributed by atoms with Gasteiger partial charge in [0.1, 0.15) is 5.82 Å². The van der Waals surface area contributed by atoms with Crippen LogP contribution in [0.2, 0.25) is 0 Å². The quantitative estimate of drug-likeness (QED) is 0.616. The second-order valence-electron chi connectivity index (χ2n) is 4.59. The molecular weight excluding hydrogens is 282 g/mol. The van der Waals surface area contributed by atoms with Crippen LogP contribution in [-0.2, 0) is 0 Å². The second kappa shape index (κ2) is 4.68. The van der Waals surface area contributed by atoms with Crippen LogP contribution in [0.4, 0.5) is 5.82 Å². The number of imidazole rings is 1. The van der Waals surface area contributed by atoms with Crippen LogP contribution < -0.4 is 5.73 Å². The third kappa shape index (κ3) is 2.05. The van der Waals surface area contributed by atoms with Crippen LogP contribution in [-0.4, -0.2) is 19.4 Å². The van der Waals surface area contributed by atoms with Crippen LogP contribution in [0.25, 0.3) is 27.5 Å². The topological polar surface area (TPSA) is 69.1 Å². The lowest BCUT2D eigenvalue weighted by Gasteiger charge is -2.04. The number of thiophene rings is 1. The first-order chi connectivity index (χ1) is 10.3. The van der Waals surface area contributed by atoms with E-state index in [1.54, 1.807) is 29.8 Å². The molecule has 5 nitrogen and oxygen atoms in total. The number of nitrogens with zero attached hydrogens (tertiary/aromatic N) is 4. The van der Waals surface area contributed by atoms with Crippen LogP contribution in [0.5, 0.6) is 0 Å². The first-order valence-electron chi connectivity index (χ1n) is 6.40. The molecule has 21 heavy (non-hydrogen) atoms. The van der Waals surface area contributed by atoms with Crippen LogP contribution in [0.1, 0.15) is 0 Å². The summed E-state index contributed by atoms with van der Waals surface area (Å²) in [7, 11) is 0. The molecule has 4 aromatic heterocycles. The van der Waals surface area contributed by atoms with E-state index < -0.39 is 0 Å². The van der Waals surface area contributed by atoms with Gasteiger partial charge in [0, 0.05) is 18.0 Å². The Labute approximate surface area is 124 Å². The highest BCUT2D eigenvalue weighted by atomic mass is 32.1. The van der Waals surface area contributed by atoms with Crippen molar-refractivity contribution in [3.63, 3.8) is 0 Å². The minimum absolute atomic E-state index is 0.502. The van der Waals surface area contributed by atoms with Gasteiger partial charge in [-0.15, -0.1) is 11.3 Å². The van der Waals surface area contributed by atoms with E-state index in [1.165, 1.54) is 4.88 Å². The predicted octanol–water partition coefficient (Wildman–Crippen LogP) is 3.10. The Hall–Kier alpha value is -2.73. The third-order valence-electron chi connectivity index (χ3n) is 3.25. The molecule has 0 saturated heterocycles. The van der Waals surface area contributed by atoms with Crippen molar-refractivity contribution in [2.24, 2.45) is 0 Å². The Morgan fingerprint density at radius 3 is 2.71 bits per heavy atom. The summed E-state index contributed by atoms with van der Waals surface area (Å²) in [6.07, 6.45) is 7.34. The normalized spacial score (nSPS) is 11.0. The molecule has 0 bridgehead atoms. The van der Waals surface area contributed by atoms with Crippen molar-refractivity contribution in [2.75, 3.05) is 5.73 Å². The fourth-order valence-electron chi connectivity index (χ4n) is 2.20. The average Bonchev–Trinajstić information content (AvgIpc) is 3.16. The summed E-state index contributed by atoms with van der Waals surface area (Å²) in [5, 5.41) is 2.06. The summed E-state index contributed by atoms with van der Waals surface area (Å²) >= 11 is 1.69. The number of aromatic nitrogens is 4. The fourth-order valence-corrected chi connectivity index (χ4v) is 2.93. The van der Waals surface area contributed by atoms with Crippen LogP contribution in [0.15, 0.2) is 54.4 Å². The van der Waals surface area contributed by atoms with Crippen molar-refractivity contribution in [2.45, 2.75) is 0 Å². The van der Waals surface area contributed by atoms with Gasteiger partial charge < -0.3 is 5.73 Å². The van der Waals surface area contributed by atoms with E-state index in [0.717, 1.165) is 22.6 Å². The first-order valence-corrected chi connectivity index (χ1v) is 7.28. The molecule has 4 heterocycles. The summed E-state index contributed by atoms with van der Waals surface area (Å²) in [5.74, 6) is 0.502. The Balaban J connectivity index is 1.89. The van der Waals surface area contributed by atoms with Gasteiger partial charge in [-0.2, -0.15) is 0 Å². The molecule has 102 valence electrons. The molecule has 0 unspecified atom stereocenters. The lowest BCUT2D eigenvalue weighted by atomic mass is 10.2. The molecule has 0 aliphatic carbocycles. The molecule has 0 aromatic carbocycles. The molecular formula is C15H11N5S. The third-order valence-corrected chi connectivity index (χ3v) is 4.14. The highest BCUT2D eigenvalue weighted by Gasteiger charge is 2.09. The number of hydrogen-bond acceptors (Lipinski definition) is 5. The zero-order valence-corrected chi connectivity index (χ0v) is 11.8. The van der Waals surface area contributed by atoms with Gasteiger partial charge in [-0.3, -0.25) is 9.38 Å². The standard InChI is InChI=1S/C15H11N5S/c16-14-4-3-10(6-18-14)11-9-20-12(13-2-1-5-21-13)7-19-15(20)8-17-11/h1-9H,(H2,16,18). The fraction of sp³-hybridized carbons (Fsp3) is 0. The number of rotatable bonds is 2. The van der Waals surface area contributed by atoms with Gasteiger partial charge >= 0.3 is 0 Å². The van der Waals surface area contributed by atoms with Gasteiger partial charge in [0.15, 0.2) is 5.65 Å². The molecule has 4 rings (SSSR count). The Morgan fingerprint density at radius 2 is 1.95 bits per heavy atom. The molecule has 0 fully saturated rings. The smallest absolute Gasteiger partial charge is 0.155 e. The Morgan fingerprint density at radius 1 is 1.00 bits per heavy atom. The summed E-state index contributed by atoms with van der Waals surface area (Å²) in [4.78, 5) is 14.1. The van der Waals surface area contributed by atoms with Gasteiger partial charge in [0.2, 0.25) is 0 Å². The lowest BCUT2D eigenvalue weighted by Crippen LogP contribution is -1.94. The average molecular weight is 293 g/mol. The second-order valence-corrected chi connectivity index (χ2v) is 5.54. The van der Waals surface area contributed by atoms with Gasteiger partial charge in [0.25, 0.3) is 0 Å². The Bertz CT molecular complexity index is 894. The summed E-state index contributed by atoms with van der Waals surface area (Å²) < 4.78 is 2.05. The maximum Gasteiger partial charge on any atom is 0.155 e. The van der Waals surface area contributed by atoms with E-state index in [4.69, 9.17) is 5.73 Å². The largest absolute Gasteiger partial charge is 0.384 e. The summed E-state index contributed by atoms with van der Waals surface area (Å²) in [6, 6.07) is 7.80. The number of nitrogens with two attached hydrogens (primary N) is 1. The molecule has 0 atom stereocenters. The van der Waals surface area contributed by atoms with E-state index in [2.05, 4.69) is 26.4 Å². The minimum Gasteiger partial charge on any atom is -0.384 e. The maximum absolute atomic E-state index is 5.62. The highest BCUT2D eigenvalue weighted by Crippen LogP contribution is 2.26. The lowest BCUT2D eigenvalue weighted by molar-refractivity contribution is 1.13. The van der Waals surface area contributed by atoms with Crippen LogP contribution in [0.3, 0.4) is 0 Å². The van der Waals surface area contributed by atoms with Crippen molar-refractivity contribution in [3.8, 4) is 21.8 Å². The van der Waals surface area contributed by atoms with Gasteiger partial charge in [0.05, 0.1) is 28.7 Å². The molecule has 2 N–H and O–H groups in total. The van der Waals surface area contributed by atoms with E-state index in [1.807, 2.05) is 28.9 Å². The van der Waals surface area contributed by atoms with E-state index in [-0.39, 0.29) is 0 Å². The molecule has 0 radical (unpaired) electrons. The van der Waals surface area contributed by atoms with E-state index >= 15 is 0 Å². The molecule has 6 heteroatoms. The van der Waals surface area contributed by atoms with Crippen LogP contribution in [0, 0.1) is 0 Å². The Kier molecular flexibility index (Phi) is 2.68. The maximum atomic E-state index is 5.62. The van der Waals surface area contributed by atoms with E-state index in [9.17, 15) is 0 Å². The highest BCUT2D eigenvalue weighted by molar-refractivity contribution is 7.13. The number of nitrogen functional groups attached to an aromatic ring is 1. The molecule has 0 spiro atoms. The monoisotopic (exact) mass is 293 g/mol. The number of anilines is 1. The number of hydrogen-bond donors (Lipinski definition) is 1. The predicted molar refractivity (Wildman–Crippen MR) is 83.9 cm³/mol. The molecule has 4 aromatic rings. The van der Waals surface area contributed by atoms with Crippen molar-refractivity contribution >= 4 is 22.8 Å². The van der Waals surface area contributed by atoms with Gasteiger partial charge in [-0.05, 0) is 23.6 Å². The van der Waals surface area contributed by atoms with Crippen molar-refractivity contribution in [1.82, 2.24) is 19.4 Å². The van der Waals surface area contributed by atoms with Crippen molar-refractivity contribution in [1.29, 1.82) is 0 Å². The zero-order chi connectivity index (χ0) is 14.2. The zero-order valence-electron chi connectivity index (χ0n) is 11.0. The SMILES string of the molecule is Nc1ccc(-c2cn3c(-c4cccs4)cnc3cn2)cn1. The van der Waals surface area contributed by atoms with Crippen LogP contribution >= 0.6 is 11.3 Å². The number of fused-ring (bicyclic) bond motifs is 1. The van der Waals surface area contributed by atoms with Crippen molar-refractivity contribution in [3.05, 3.63) is 54.4 Å². The minimum atomic E-state index is 0.502. The summed E-state index contributed by atoms with van der Waals surface area (Å²) in [5.41, 5.74) is 9.27. The van der Waals surface area contributed by atoms with E-state index in [0.29, 0.717) is 5.82 Å². The summed E-state index contributed by atoms with van der Waals surface area (Å²) in [6.45, 7) is 0. The first kappa shape index (κ1) is 12.0. The van der Waals surface area contributed by atoms with Gasteiger partial charge in [-0.25, -0.2) is 9.97 Å².